The third-order valence-corrected chi connectivity index (χ3v) is 2.90. The predicted octanol–water partition coefficient (Wildman–Crippen LogP) is 1.65. The van der Waals surface area contributed by atoms with Gasteiger partial charge in [-0.3, -0.25) is 4.98 Å². The standard InChI is InChI=1S/C13H19N5/c1-10(8-17(2)3)18-9-16-7-13(18)11-6-15-5-4-12(11)14/h4-7,9-10H,8H2,1-3H3,(H2,14,15). The van der Waals surface area contributed by atoms with Gasteiger partial charge in [0, 0.05) is 36.2 Å². The topological polar surface area (TPSA) is 60.0 Å². The molecular weight excluding hydrogens is 226 g/mol. The smallest absolute Gasteiger partial charge is 0.0953 e. The number of imidazole rings is 1. The maximum Gasteiger partial charge on any atom is 0.0953 e. The Hall–Kier alpha value is -1.88. The van der Waals surface area contributed by atoms with Crippen LogP contribution in [0.1, 0.15) is 13.0 Å². The Kier molecular flexibility index (Phi) is 3.62. The number of pyridine rings is 1. The van der Waals surface area contributed by atoms with Crippen LogP contribution in [-0.2, 0) is 0 Å². The summed E-state index contributed by atoms with van der Waals surface area (Å²) in [6, 6.07) is 2.14. The van der Waals surface area contributed by atoms with E-state index in [9.17, 15) is 0 Å². The van der Waals surface area contributed by atoms with E-state index in [-0.39, 0.29) is 0 Å². The number of nitrogens with zero attached hydrogens (tertiary/aromatic N) is 4. The van der Waals surface area contributed by atoms with Crippen LogP contribution in [0.4, 0.5) is 5.69 Å². The van der Waals surface area contributed by atoms with Gasteiger partial charge in [0.05, 0.1) is 18.2 Å². The van der Waals surface area contributed by atoms with Crippen LogP contribution in [-0.4, -0.2) is 40.1 Å². The molecule has 1 unspecified atom stereocenters. The second-order valence-corrected chi connectivity index (χ2v) is 4.76. The number of aromatic nitrogens is 3. The van der Waals surface area contributed by atoms with Crippen LogP contribution >= 0.6 is 0 Å². The van der Waals surface area contributed by atoms with Crippen molar-refractivity contribution in [2.24, 2.45) is 0 Å². The van der Waals surface area contributed by atoms with E-state index in [0.29, 0.717) is 6.04 Å². The average molecular weight is 245 g/mol. The first-order chi connectivity index (χ1) is 8.59. The molecule has 96 valence electrons. The minimum atomic E-state index is 0.331. The molecule has 5 nitrogen and oxygen atoms in total. The fourth-order valence-electron chi connectivity index (χ4n) is 2.10. The molecule has 2 rings (SSSR count). The normalized spacial score (nSPS) is 12.9. The van der Waals surface area contributed by atoms with Crippen LogP contribution < -0.4 is 5.73 Å². The lowest BCUT2D eigenvalue weighted by atomic mass is 10.1. The van der Waals surface area contributed by atoms with Gasteiger partial charge in [0.25, 0.3) is 0 Å². The minimum absolute atomic E-state index is 0.331. The fraction of sp³-hybridized carbons (Fsp3) is 0.385. The van der Waals surface area contributed by atoms with Crippen LogP contribution in [0.25, 0.3) is 11.3 Å². The zero-order chi connectivity index (χ0) is 13.1. The van der Waals surface area contributed by atoms with E-state index in [1.165, 1.54) is 0 Å². The lowest BCUT2D eigenvalue weighted by Gasteiger charge is -2.20. The summed E-state index contributed by atoms with van der Waals surface area (Å²) in [6.45, 7) is 3.11. The van der Waals surface area contributed by atoms with Gasteiger partial charge in [-0.25, -0.2) is 4.98 Å². The van der Waals surface area contributed by atoms with Gasteiger partial charge in [-0.1, -0.05) is 0 Å². The van der Waals surface area contributed by atoms with Gasteiger partial charge >= 0.3 is 0 Å². The van der Waals surface area contributed by atoms with Crippen LogP contribution in [0.15, 0.2) is 31.0 Å². The summed E-state index contributed by atoms with van der Waals surface area (Å²) >= 11 is 0. The second kappa shape index (κ2) is 5.18. The van der Waals surface area contributed by atoms with Gasteiger partial charge in [-0.2, -0.15) is 0 Å². The Morgan fingerprint density at radius 1 is 1.33 bits per heavy atom. The van der Waals surface area contributed by atoms with Crippen molar-refractivity contribution in [1.29, 1.82) is 0 Å². The van der Waals surface area contributed by atoms with E-state index < -0.39 is 0 Å². The Balaban J connectivity index is 2.36. The van der Waals surface area contributed by atoms with Gasteiger partial charge in [0.1, 0.15) is 0 Å². The molecule has 2 aromatic rings. The van der Waals surface area contributed by atoms with E-state index in [1.54, 1.807) is 12.4 Å². The maximum absolute atomic E-state index is 5.99. The Labute approximate surface area is 107 Å². The number of likely N-dealkylation sites (N-methyl/N-ethyl adjacent to an activating group) is 1. The molecule has 0 aliphatic carbocycles. The monoisotopic (exact) mass is 245 g/mol. The van der Waals surface area contributed by atoms with E-state index in [1.807, 2.05) is 18.6 Å². The van der Waals surface area contributed by atoms with Crippen molar-refractivity contribution in [3.63, 3.8) is 0 Å². The molecule has 0 aromatic carbocycles. The third-order valence-electron chi connectivity index (χ3n) is 2.90. The van der Waals surface area contributed by atoms with E-state index in [0.717, 1.165) is 23.5 Å². The highest BCUT2D eigenvalue weighted by molar-refractivity contribution is 5.72. The summed E-state index contributed by atoms with van der Waals surface area (Å²) < 4.78 is 2.13. The number of nitrogen functional groups attached to an aromatic ring is 1. The first-order valence-electron chi connectivity index (χ1n) is 5.96. The molecule has 0 amide bonds. The maximum atomic E-state index is 5.99. The average Bonchev–Trinajstić information content (AvgIpc) is 2.77. The van der Waals surface area contributed by atoms with Crippen LogP contribution in [0.5, 0.6) is 0 Å². The lowest BCUT2D eigenvalue weighted by molar-refractivity contribution is 0.338. The van der Waals surface area contributed by atoms with Crippen LogP contribution in [0.3, 0.4) is 0 Å². The molecule has 2 aromatic heterocycles. The largest absolute Gasteiger partial charge is 0.398 e. The van der Waals surface area contributed by atoms with Gasteiger partial charge in [-0.15, -0.1) is 0 Å². The van der Waals surface area contributed by atoms with Crippen molar-refractivity contribution in [3.8, 4) is 11.3 Å². The lowest BCUT2D eigenvalue weighted by Crippen LogP contribution is -2.22. The number of anilines is 1. The summed E-state index contributed by atoms with van der Waals surface area (Å²) in [5.74, 6) is 0. The molecule has 0 spiro atoms. The molecule has 2 heterocycles. The molecule has 0 radical (unpaired) electrons. The summed E-state index contributed by atoms with van der Waals surface area (Å²) in [5.41, 5.74) is 8.66. The molecule has 0 bridgehead atoms. The first kappa shape index (κ1) is 12.6. The molecule has 0 aliphatic rings. The molecule has 1 atom stereocenters. The van der Waals surface area contributed by atoms with Crippen LogP contribution in [0, 0.1) is 0 Å². The number of hydrogen-bond donors (Lipinski definition) is 1. The van der Waals surface area contributed by atoms with Gasteiger partial charge in [-0.05, 0) is 27.1 Å². The highest BCUT2D eigenvalue weighted by Crippen LogP contribution is 2.26. The highest BCUT2D eigenvalue weighted by atomic mass is 15.1. The van der Waals surface area contributed by atoms with Crippen molar-refractivity contribution in [3.05, 3.63) is 31.0 Å². The SMILES string of the molecule is CC(CN(C)C)n1cncc1-c1cnccc1N. The molecule has 5 heteroatoms. The van der Waals surface area contributed by atoms with Crippen molar-refractivity contribution >= 4 is 5.69 Å². The molecular formula is C13H19N5. The van der Waals surface area contributed by atoms with Crippen molar-refractivity contribution in [2.75, 3.05) is 26.4 Å². The fourth-order valence-corrected chi connectivity index (χ4v) is 2.10. The number of hydrogen-bond acceptors (Lipinski definition) is 4. The summed E-state index contributed by atoms with van der Waals surface area (Å²) in [4.78, 5) is 10.5. The molecule has 0 aliphatic heterocycles. The van der Waals surface area contributed by atoms with Gasteiger partial charge in [0.2, 0.25) is 0 Å². The van der Waals surface area contributed by atoms with E-state index >= 15 is 0 Å². The molecule has 0 fully saturated rings. The van der Waals surface area contributed by atoms with Gasteiger partial charge < -0.3 is 15.2 Å². The van der Waals surface area contributed by atoms with Crippen molar-refractivity contribution in [2.45, 2.75) is 13.0 Å². The Bertz CT molecular complexity index is 518. The minimum Gasteiger partial charge on any atom is -0.398 e. The summed E-state index contributed by atoms with van der Waals surface area (Å²) in [5, 5.41) is 0. The van der Waals surface area contributed by atoms with Crippen molar-refractivity contribution < 1.29 is 0 Å². The van der Waals surface area contributed by atoms with E-state index in [4.69, 9.17) is 5.73 Å². The zero-order valence-corrected chi connectivity index (χ0v) is 11.0. The van der Waals surface area contributed by atoms with Crippen molar-refractivity contribution in [1.82, 2.24) is 19.4 Å². The quantitative estimate of drug-likeness (QED) is 0.889. The van der Waals surface area contributed by atoms with Crippen LogP contribution in [0.2, 0.25) is 0 Å². The summed E-state index contributed by atoms with van der Waals surface area (Å²) in [7, 11) is 4.12. The third kappa shape index (κ3) is 2.51. The molecule has 0 saturated carbocycles. The predicted molar refractivity (Wildman–Crippen MR) is 73.1 cm³/mol. The zero-order valence-electron chi connectivity index (χ0n) is 11.0. The summed E-state index contributed by atoms with van der Waals surface area (Å²) in [6.07, 6.45) is 7.16. The first-order valence-corrected chi connectivity index (χ1v) is 5.96. The molecule has 2 N–H and O–H groups in total. The molecule has 0 saturated heterocycles. The Morgan fingerprint density at radius 2 is 2.11 bits per heavy atom. The van der Waals surface area contributed by atoms with Gasteiger partial charge in [0.15, 0.2) is 0 Å². The highest BCUT2D eigenvalue weighted by Gasteiger charge is 2.13. The molecule has 18 heavy (non-hydrogen) atoms. The Morgan fingerprint density at radius 3 is 2.78 bits per heavy atom. The number of rotatable bonds is 4. The number of nitrogens with two attached hydrogens (primary N) is 1. The van der Waals surface area contributed by atoms with E-state index in [2.05, 4.69) is 40.5 Å². The second-order valence-electron chi connectivity index (χ2n) is 4.76.